The van der Waals surface area contributed by atoms with E-state index in [1.807, 2.05) is 29.1 Å². The van der Waals surface area contributed by atoms with Gasteiger partial charge in [-0.25, -0.2) is 4.68 Å². The van der Waals surface area contributed by atoms with Crippen LogP contribution in [0.2, 0.25) is 0 Å². The molecule has 2 aromatic carbocycles. The lowest BCUT2D eigenvalue weighted by atomic mass is 10.0. The standard InChI is InChI=1S/C22H18N4S/c1-23-22-26(25-15-17-11-13-24-14-12-17)21(16-27-22)20-9-7-19(8-10-20)18-5-3-2-4-6-18/h2-16H,1H3. The summed E-state index contributed by atoms with van der Waals surface area (Å²) in [6, 6.07) is 22.8. The third kappa shape index (κ3) is 3.78. The highest BCUT2D eigenvalue weighted by Crippen LogP contribution is 2.25. The Balaban J connectivity index is 1.70. The molecule has 0 amide bonds. The van der Waals surface area contributed by atoms with Crippen LogP contribution >= 0.6 is 11.3 Å². The zero-order valence-electron chi connectivity index (χ0n) is 14.9. The van der Waals surface area contributed by atoms with Gasteiger partial charge in [0.1, 0.15) is 0 Å². The topological polar surface area (TPSA) is 42.5 Å². The summed E-state index contributed by atoms with van der Waals surface area (Å²) in [5.41, 5.74) is 5.53. The van der Waals surface area contributed by atoms with E-state index in [-0.39, 0.29) is 0 Å². The number of thiazole rings is 1. The molecule has 0 saturated carbocycles. The van der Waals surface area contributed by atoms with Crippen molar-refractivity contribution in [2.24, 2.45) is 10.1 Å². The predicted octanol–water partition coefficient (Wildman–Crippen LogP) is 4.69. The van der Waals surface area contributed by atoms with Crippen LogP contribution in [0.25, 0.3) is 22.4 Å². The molecule has 0 atom stereocenters. The molecule has 2 heterocycles. The summed E-state index contributed by atoms with van der Waals surface area (Å²) in [6.45, 7) is 0. The fraction of sp³-hybridized carbons (Fsp3) is 0.0455. The van der Waals surface area contributed by atoms with Gasteiger partial charge in [-0.15, -0.1) is 11.3 Å². The maximum Gasteiger partial charge on any atom is 0.205 e. The fourth-order valence-electron chi connectivity index (χ4n) is 2.80. The highest BCUT2D eigenvalue weighted by molar-refractivity contribution is 7.07. The number of nitrogens with zero attached hydrogens (tertiary/aromatic N) is 4. The molecule has 0 radical (unpaired) electrons. The summed E-state index contributed by atoms with van der Waals surface area (Å²) in [4.78, 5) is 9.24. The van der Waals surface area contributed by atoms with Crippen molar-refractivity contribution in [3.63, 3.8) is 0 Å². The summed E-state index contributed by atoms with van der Waals surface area (Å²) < 4.78 is 1.88. The van der Waals surface area contributed by atoms with Crippen LogP contribution in [-0.2, 0) is 0 Å². The van der Waals surface area contributed by atoms with Gasteiger partial charge in [0.25, 0.3) is 0 Å². The minimum Gasteiger partial charge on any atom is -0.265 e. The maximum atomic E-state index is 4.64. The molecule has 0 fully saturated rings. The quantitative estimate of drug-likeness (QED) is 0.481. The van der Waals surface area contributed by atoms with Crippen LogP contribution in [0.1, 0.15) is 5.56 Å². The second-order valence-corrected chi connectivity index (χ2v) is 6.74. The number of benzene rings is 2. The zero-order valence-corrected chi connectivity index (χ0v) is 15.7. The van der Waals surface area contributed by atoms with Gasteiger partial charge < -0.3 is 0 Å². The molecule has 0 aliphatic heterocycles. The van der Waals surface area contributed by atoms with E-state index < -0.39 is 0 Å². The maximum absolute atomic E-state index is 4.64. The van der Waals surface area contributed by atoms with Crippen molar-refractivity contribution in [1.82, 2.24) is 9.66 Å². The van der Waals surface area contributed by atoms with E-state index in [9.17, 15) is 0 Å². The van der Waals surface area contributed by atoms with Crippen LogP contribution in [-0.4, -0.2) is 22.9 Å². The van der Waals surface area contributed by atoms with Crippen LogP contribution < -0.4 is 4.80 Å². The van der Waals surface area contributed by atoms with Crippen molar-refractivity contribution in [3.05, 3.63) is 94.9 Å². The first kappa shape index (κ1) is 17.1. The molecule has 0 N–H and O–H groups in total. The van der Waals surface area contributed by atoms with Gasteiger partial charge in [-0.05, 0) is 28.8 Å². The van der Waals surface area contributed by atoms with E-state index in [1.165, 1.54) is 11.1 Å². The Morgan fingerprint density at radius 1 is 0.852 bits per heavy atom. The van der Waals surface area contributed by atoms with Crippen molar-refractivity contribution < 1.29 is 0 Å². The summed E-state index contributed by atoms with van der Waals surface area (Å²) in [6.07, 6.45) is 5.34. The molecule has 0 aliphatic rings. The molecule has 27 heavy (non-hydrogen) atoms. The third-order valence-electron chi connectivity index (χ3n) is 4.19. The van der Waals surface area contributed by atoms with Gasteiger partial charge in [0, 0.05) is 30.4 Å². The average Bonchev–Trinajstić information content (AvgIpc) is 3.16. The Labute approximate surface area is 161 Å². The largest absolute Gasteiger partial charge is 0.265 e. The van der Waals surface area contributed by atoms with E-state index in [4.69, 9.17) is 0 Å². The van der Waals surface area contributed by atoms with Crippen LogP contribution in [0.15, 0.2) is 94.6 Å². The van der Waals surface area contributed by atoms with Crippen LogP contribution in [0.4, 0.5) is 0 Å². The molecule has 5 heteroatoms. The third-order valence-corrected chi connectivity index (χ3v) is 5.10. The smallest absolute Gasteiger partial charge is 0.205 e. The van der Waals surface area contributed by atoms with Gasteiger partial charge in [-0.3, -0.25) is 9.98 Å². The van der Waals surface area contributed by atoms with Gasteiger partial charge in [0.2, 0.25) is 4.80 Å². The number of rotatable bonds is 4. The second kappa shape index (κ2) is 7.93. The lowest BCUT2D eigenvalue weighted by molar-refractivity contribution is 0.848. The van der Waals surface area contributed by atoms with Gasteiger partial charge in [-0.2, -0.15) is 5.10 Å². The highest BCUT2D eigenvalue weighted by atomic mass is 32.1. The van der Waals surface area contributed by atoms with Crippen LogP contribution in [0, 0.1) is 0 Å². The second-order valence-electron chi connectivity index (χ2n) is 5.91. The summed E-state index contributed by atoms with van der Waals surface area (Å²) in [5, 5.41) is 6.73. The molecule has 0 aliphatic carbocycles. The van der Waals surface area contributed by atoms with Crippen molar-refractivity contribution in [3.8, 4) is 22.4 Å². The van der Waals surface area contributed by atoms with Crippen LogP contribution in [0.5, 0.6) is 0 Å². The summed E-state index contributed by atoms with van der Waals surface area (Å²) >= 11 is 1.58. The monoisotopic (exact) mass is 370 g/mol. The molecule has 2 aromatic heterocycles. The van der Waals surface area contributed by atoms with Gasteiger partial charge in [0.05, 0.1) is 11.9 Å². The Hall–Kier alpha value is -3.31. The number of hydrogen-bond acceptors (Lipinski definition) is 4. The Bertz CT molecular complexity index is 1110. The molecular formula is C22H18N4S. The normalized spacial score (nSPS) is 12.0. The van der Waals surface area contributed by atoms with Crippen molar-refractivity contribution >= 4 is 17.6 Å². The lowest BCUT2D eigenvalue weighted by Crippen LogP contribution is -2.11. The number of aromatic nitrogens is 2. The molecule has 0 unspecified atom stereocenters. The first-order chi connectivity index (χ1) is 13.3. The molecule has 4 rings (SSSR count). The van der Waals surface area contributed by atoms with Gasteiger partial charge >= 0.3 is 0 Å². The molecule has 4 aromatic rings. The van der Waals surface area contributed by atoms with Gasteiger partial charge in [-0.1, -0.05) is 54.6 Å². The number of pyridine rings is 1. The summed E-state index contributed by atoms with van der Waals surface area (Å²) in [5.74, 6) is 0. The predicted molar refractivity (Wildman–Crippen MR) is 112 cm³/mol. The minimum absolute atomic E-state index is 0.849. The summed E-state index contributed by atoms with van der Waals surface area (Å²) in [7, 11) is 1.78. The Morgan fingerprint density at radius 2 is 1.52 bits per heavy atom. The van der Waals surface area contributed by atoms with E-state index in [2.05, 4.69) is 69.0 Å². The van der Waals surface area contributed by atoms with E-state index in [0.717, 1.165) is 21.6 Å². The molecule has 4 nitrogen and oxygen atoms in total. The fourth-order valence-corrected chi connectivity index (χ4v) is 3.60. The van der Waals surface area contributed by atoms with Crippen molar-refractivity contribution in [1.29, 1.82) is 0 Å². The van der Waals surface area contributed by atoms with Crippen LogP contribution in [0.3, 0.4) is 0 Å². The van der Waals surface area contributed by atoms with E-state index in [0.29, 0.717) is 0 Å². The first-order valence-electron chi connectivity index (χ1n) is 8.59. The highest BCUT2D eigenvalue weighted by Gasteiger charge is 2.07. The number of hydrogen-bond donors (Lipinski definition) is 0. The zero-order chi connectivity index (χ0) is 18.5. The minimum atomic E-state index is 0.849. The van der Waals surface area contributed by atoms with Gasteiger partial charge in [0.15, 0.2) is 0 Å². The molecule has 132 valence electrons. The molecule has 0 saturated heterocycles. The van der Waals surface area contributed by atoms with E-state index >= 15 is 0 Å². The Kier molecular flexibility index (Phi) is 5.03. The van der Waals surface area contributed by atoms with E-state index in [1.54, 1.807) is 30.8 Å². The molecular weight excluding hydrogens is 352 g/mol. The molecule has 0 spiro atoms. The average molecular weight is 370 g/mol. The first-order valence-corrected chi connectivity index (χ1v) is 9.47. The van der Waals surface area contributed by atoms with Crippen molar-refractivity contribution in [2.75, 3.05) is 7.05 Å². The Morgan fingerprint density at radius 3 is 2.22 bits per heavy atom. The van der Waals surface area contributed by atoms with Crippen molar-refractivity contribution in [2.45, 2.75) is 0 Å². The SMILES string of the molecule is CN=c1scc(-c2ccc(-c3ccccc3)cc2)n1N=Cc1ccncc1. The molecule has 0 bridgehead atoms. The lowest BCUT2D eigenvalue weighted by Gasteiger charge is -2.06.